The number of rotatable bonds is 2. The van der Waals surface area contributed by atoms with Gasteiger partial charge in [0.15, 0.2) is 0 Å². The van der Waals surface area contributed by atoms with Crippen molar-refractivity contribution in [3.63, 3.8) is 0 Å². The van der Waals surface area contributed by atoms with Crippen LogP contribution in [0.5, 0.6) is 0 Å². The third kappa shape index (κ3) is 2.74. The van der Waals surface area contributed by atoms with E-state index in [1.807, 2.05) is 18.2 Å². The molecule has 1 N–H and O–H groups in total. The second-order valence-corrected chi connectivity index (χ2v) is 4.86. The Hall–Kier alpha value is -0.610. The van der Waals surface area contributed by atoms with Gasteiger partial charge in [0.05, 0.1) is 5.69 Å². The van der Waals surface area contributed by atoms with Crippen molar-refractivity contribution in [1.29, 1.82) is 0 Å². The summed E-state index contributed by atoms with van der Waals surface area (Å²) in [5.74, 6) is 0. The molecule has 0 saturated carbocycles. The molecule has 0 spiro atoms. The van der Waals surface area contributed by atoms with Crippen molar-refractivity contribution in [2.75, 3.05) is 31.1 Å². The topological polar surface area (TPSA) is 15.3 Å². The van der Waals surface area contributed by atoms with E-state index in [0.29, 0.717) is 0 Å². The van der Waals surface area contributed by atoms with E-state index in [4.69, 9.17) is 0 Å². The van der Waals surface area contributed by atoms with Crippen LogP contribution in [0.1, 0.15) is 12.0 Å². The first-order valence-electron chi connectivity index (χ1n) is 5.61. The van der Waals surface area contributed by atoms with E-state index in [-0.39, 0.29) is 0 Å². The third-order valence-corrected chi connectivity index (χ3v) is 3.48. The Morgan fingerprint density at radius 1 is 1.31 bits per heavy atom. The fourth-order valence-corrected chi connectivity index (χ4v) is 2.65. The third-order valence-electron chi connectivity index (χ3n) is 2.85. The van der Waals surface area contributed by atoms with Gasteiger partial charge in [0, 0.05) is 24.1 Å². The normalized spacial score (nSPS) is 17.2. The van der Waals surface area contributed by atoms with Gasteiger partial charge in [-0.25, -0.2) is 4.39 Å². The zero-order valence-corrected chi connectivity index (χ0v) is 10.8. The number of hydrogen-bond donors (Lipinski definition) is 1. The molecule has 88 valence electrons. The standard InChI is InChI=1S/C12H16BrFN2/c13-11-8-10(9-14)2-3-12(11)16-6-1-4-15-5-7-16/h2-3,8,15H,1,4-7,9H2. The molecule has 1 heterocycles. The van der Waals surface area contributed by atoms with Gasteiger partial charge in [0.25, 0.3) is 0 Å². The smallest absolute Gasteiger partial charge is 0.115 e. The van der Waals surface area contributed by atoms with Crippen LogP contribution >= 0.6 is 15.9 Å². The van der Waals surface area contributed by atoms with E-state index in [1.54, 1.807) is 0 Å². The van der Waals surface area contributed by atoms with Crippen molar-refractivity contribution in [2.45, 2.75) is 13.1 Å². The van der Waals surface area contributed by atoms with Gasteiger partial charge in [-0.15, -0.1) is 0 Å². The van der Waals surface area contributed by atoms with Crippen LogP contribution in [-0.2, 0) is 6.67 Å². The molecule has 1 aromatic carbocycles. The van der Waals surface area contributed by atoms with E-state index >= 15 is 0 Å². The lowest BCUT2D eigenvalue weighted by Gasteiger charge is -2.23. The van der Waals surface area contributed by atoms with Gasteiger partial charge >= 0.3 is 0 Å². The lowest BCUT2D eigenvalue weighted by Crippen LogP contribution is -2.28. The van der Waals surface area contributed by atoms with Crippen molar-refractivity contribution in [2.24, 2.45) is 0 Å². The summed E-state index contributed by atoms with van der Waals surface area (Å²) in [6.07, 6.45) is 1.15. The first-order valence-corrected chi connectivity index (χ1v) is 6.40. The van der Waals surface area contributed by atoms with Crippen LogP contribution in [-0.4, -0.2) is 26.2 Å². The zero-order chi connectivity index (χ0) is 11.4. The van der Waals surface area contributed by atoms with Crippen molar-refractivity contribution in [3.8, 4) is 0 Å². The first-order chi connectivity index (χ1) is 7.81. The molecule has 0 aliphatic carbocycles. The number of hydrogen-bond acceptors (Lipinski definition) is 2. The van der Waals surface area contributed by atoms with E-state index < -0.39 is 6.67 Å². The molecule has 1 saturated heterocycles. The predicted molar refractivity (Wildman–Crippen MR) is 68.7 cm³/mol. The Bertz CT molecular complexity index is 349. The molecule has 16 heavy (non-hydrogen) atoms. The van der Waals surface area contributed by atoms with Crippen LogP contribution in [0.2, 0.25) is 0 Å². The molecule has 0 bridgehead atoms. The Morgan fingerprint density at radius 2 is 2.19 bits per heavy atom. The first kappa shape index (κ1) is 11.9. The van der Waals surface area contributed by atoms with Gasteiger partial charge < -0.3 is 10.2 Å². The summed E-state index contributed by atoms with van der Waals surface area (Å²) in [6.45, 7) is 3.75. The highest BCUT2D eigenvalue weighted by atomic mass is 79.9. The van der Waals surface area contributed by atoms with Crippen LogP contribution in [0.4, 0.5) is 10.1 Å². The minimum absolute atomic E-state index is 0.402. The molecule has 1 aliphatic heterocycles. The van der Waals surface area contributed by atoms with E-state index in [1.165, 1.54) is 5.69 Å². The van der Waals surface area contributed by atoms with Gasteiger partial charge in [-0.1, -0.05) is 6.07 Å². The van der Waals surface area contributed by atoms with Crippen molar-refractivity contribution >= 4 is 21.6 Å². The maximum absolute atomic E-state index is 12.5. The maximum atomic E-state index is 12.5. The second kappa shape index (κ2) is 5.64. The molecule has 1 aliphatic rings. The summed E-state index contributed by atoms with van der Waals surface area (Å²) in [6, 6.07) is 5.73. The molecule has 0 unspecified atom stereocenters. The van der Waals surface area contributed by atoms with Gasteiger partial charge in [0.1, 0.15) is 6.67 Å². The lowest BCUT2D eigenvalue weighted by atomic mass is 10.2. The van der Waals surface area contributed by atoms with Crippen LogP contribution in [0.3, 0.4) is 0 Å². The van der Waals surface area contributed by atoms with Crippen molar-refractivity contribution in [1.82, 2.24) is 5.32 Å². The monoisotopic (exact) mass is 286 g/mol. The molecule has 1 aromatic rings. The largest absolute Gasteiger partial charge is 0.369 e. The highest BCUT2D eigenvalue weighted by molar-refractivity contribution is 9.10. The maximum Gasteiger partial charge on any atom is 0.115 e. The molecule has 0 atom stereocenters. The van der Waals surface area contributed by atoms with E-state index in [9.17, 15) is 4.39 Å². The van der Waals surface area contributed by atoms with Crippen molar-refractivity contribution in [3.05, 3.63) is 28.2 Å². The number of nitrogens with one attached hydrogen (secondary N) is 1. The van der Waals surface area contributed by atoms with Crippen LogP contribution < -0.4 is 10.2 Å². The Morgan fingerprint density at radius 3 is 2.94 bits per heavy atom. The summed E-state index contributed by atoms with van der Waals surface area (Å²) in [5, 5.41) is 3.37. The number of halogens is 2. The molecule has 0 radical (unpaired) electrons. The van der Waals surface area contributed by atoms with E-state index in [0.717, 1.165) is 42.6 Å². The van der Waals surface area contributed by atoms with Gasteiger partial charge in [-0.05, 0) is 46.6 Å². The highest BCUT2D eigenvalue weighted by Crippen LogP contribution is 2.28. The van der Waals surface area contributed by atoms with Crippen LogP contribution in [0.25, 0.3) is 0 Å². The zero-order valence-electron chi connectivity index (χ0n) is 9.18. The molecule has 0 aromatic heterocycles. The minimum atomic E-state index is -0.402. The lowest BCUT2D eigenvalue weighted by molar-refractivity contribution is 0.485. The molecular weight excluding hydrogens is 271 g/mol. The van der Waals surface area contributed by atoms with E-state index in [2.05, 4.69) is 26.1 Å². The number of benzene rings is 1. The molecule has 4 heteroatoms. The second-order valence-electron chi connectivity index (χ2n) is 4.01. The van der Waals surface area contributed by atoms with Gasteiger partial charge in [-0.2, -0.15) is 0 Å². The Labute approximate surface area is 104 Å². The van der Waals surface area contributed by atoms with Crippen molar-refractivity contribution < 1.29 is 4.39 Å². The number of alkyl halides is 1. The van der Waals surface area contributed by atoms with Crippen LogP contribution in [0.15, 0.2) is 22.7 Å². The summed E-state index contributed by atoms with van der Waals surface area (Å²) in [4.78, 5) is 2.34. The average molecular weight is 287 g/mol. The summed E-state index contributed by atoms with van der Waals surface area (Å²) in [7, 11) is 0. The van der Waals surface area contributed by atoms with Gasteiger partial charge in [-0.3, -0.25) is 0 Å². The number of nitrogens with zero attached hydrogens (tertiary/aromatic N) is 1. The molecule has 2 rings (SSSR count). The molecule has 0 amide bonds. The van der Waals surface area contributed by atoms with Gasteiger partial charge in [0.2, 0.25) is 0 Å². The Kier molecular flexibility index (Phi) is 4.18. The summed E-state index contributed by atoms with van der Waals surface area (Å²) < 4.78 is 13.5. The highest BCUT2D eigenvalue weighted by Gasteiger charge is 2.12. The SMILES string of the molecule is FCc1ccc(N2CCCNCC2)c(Br)c1. The quantitative estimate of drug-likeness (QED) is 0.899. The summed E-state index contributed by atoms with van der Waals surface area (Å²) >= 11 is 3.52. The fraction of sp³-hybridized carbons (Fsp3) is 0.500. The fourth-order valence-electron chi connectivity index (χ4n) is 1.98. The average Bonchev–Trinajstić information content (AvgIpc) is 2.57. The Balaban J connectivity index is 2.18. The summed E-state index contributed by atoms with van der Waals surface area (Å²) in [5.41, 5.74) is 1.89. The molecular formula is C12H16BrFN2. The minimum Gasteiger partial charge on any atom is -0.369 e. The number of anilines is 1. The predicted octanol–water partition coefficient (Wildman–Crippen LogP) is 2.72. The van der Waals surface area contributed by atoms with Crippen LogP contribution in [0, 0.1) is 0 Å². The molecule has 1 fully saturated rings. The molecule has 2 nitrogen and oxygen atoms in total.